The SMILES string of the molecule is CCCOc1ccc(C(=O)Oc2ccc(/C=N\NC(=O)C(=O)Nc3cccc(Cl)c3C)cc2OCC)cc1. The lowest BCUT2D eigenvalue weighted by Gasteiger charge is -2.12. The number of amides is 2. The molecule has 38 heavy (non-hydrogen) atoms. The van der Waals surface area contributed by atoms with Crippen molar-refractivity contribution < 1.29 is 28.6 Å². The number of esters is 1. The van der Waals surface area contributed by atoms with Gasteiger partial charge in [-0.1, -0.05) is 24.6 Å². The van der Waals surface area contributed by atoms with Crippen molar-refractivity contribution in [3.05, 3.63) is 82.4 Å². The van der Waals surface area contributed by atoms with E-state index >= 15 is 0 Å². The Labute approximate surface area is 225 Å². The second kappa shape index (κ2) is 13.8. The first-order valence-electron chi connectivity index (χ1n) is 11.9. The molecule has 0 aliphatic carbocycles. The summed E-state index contributed by atoms with van der Waals surface area (Å²) in [6.45, 7) is 6.45. The van der Waals surface area contributed by atoms with Crippen molar-refractivity contribution in [1.29, 1.82) is 0 Å². The molecule has 0 saturated carbocycles. The molecule has 0 aromatic heterocycles. The number of hydrazone groups is 1. The molecule has 3 aromatic rings. The van der Waals surface area contributed by atoms with Crippen molar-refractivity contribution in [3.63, 3.8) is 0 Å². The molecule has 0 bridgehead atoms. The van der Waals surface area contributed by atoms with E-state index in [0.29, 0.717) is 52.1 Å². The molecule has 9 nitrogen and oxygen atoms in total. The summed E-state index contributed by atoms with van der Waals surface area (Å²) in [6.07, 6.45) is 2.22. The van der Waals surface area contributed by atoms with Gasteiger partial charge in [-0.2, -0.15) is 5.10 Å². The average Bonchev–Trinajstić information content (AvgIpc) is 2.91. The van der Waals surface area contributed by atoms with Crippen LogP contribution in [-0.2, 0) is 9.59 Å². The Bertz CT molecular complexity index is 1320. The van der Waals surface area contributed by atoms with E-state index in [4.69, 9.17) is 25.8 Å². The number of halogens is 1. The first kappa shape index (κ1) is 28.2. The second-order valence-electron chi connectivity index (χ2n) is 7.97. The third-order valence-electron chi connectivity index (χ3n) is 5.13. The number of anilines is 1. The Morgan fingerprint density at radius 2 is 1.71 bits per heavy atom. The predicted octanol–water partition coefficient (Wildman–Crippen LogP) is 5.14. The lowest BCUT2D eigenvalue weighted by molar-refractivity contribution is -0.136. The van der Waals surface area contributed by atoms with Crippen LogP contribution in [0.2, 0.25) is 5.02 Å². The molecule has 0 heterocycles. The summed E-state index contributed by atoms with van der Waals surface area (Å²) >= 11 is 6.04. The topological polar surface area (TPSA) is 115 Å². The average molecular weight is 538 g/mol. The lowest BCUT2D eigenvalue weighted by Crippen LogP contribution is -2.32. The van der Waals surface area contributed by atoms with Crippen LogP contribution in [0.15, 0.2) is 65.8 Å². The van der Waals surface area contributed by atoms with E-state index in [1.54, 1.807) is 74.5 Å². The van der Waals surface area contributed by atoms with Crippen LogP contribution >= 0.6 is 11.6 Å². The van der Waals surface area contributed by atoms with Crippen LogP contribution in [0.3, 0.4) is 0 Å². The molecule has 0 radical (unpaired) electrons. The van der Waals surface area contributed by atoms with Crippen molar-refractivity contribution in [2.75, 3.05) is 18.5 Å². The zero-order chi connectivity index (χ0) is 27.5. The maximum Gasteiger partial charge on any atom is 0.343 e. The summed E-state index contributed by atoms with van der Waals surface area (Å²) in [5.74, 6) is -1.19. The van der Waals surface area contributed by atoms with E-state index in [9.17, 15) is 14.4 Å². The first-order chi connectivity index (χ1) is 18.3. The van der Waals surface area contributed by atoms with Gasteiger partial charge in [0.05, 0.1) is 25.0 Å². The van der Waals surface area contributed by atoms with Crippen LogP contribution in [0.4, 0.5) is 5.69 Å². The van der Waals surface area contributed by atoms with Crippen molar-refractivity contribution in [2.45, 2.75) is 27.2 Å². The number of carbonyl (C=O) groups excluding carboxylic acids is 3. The van der Waals surface area contributed by atoms with Gasteiger partial charge in [0, 0.05) is 10.7 Å². The molecular weight excluding hydrogens is 510 g/mol. The monoisotopic (exact) mass is 537 g/mol. The largest absolute Gasteiger partial charge is 0.494 e. The van der Waals surface area contributed by atoms with Gasteiger partial charge in [0.1, 0.15) is 5.75 Å². The van der Waals surface area contributed by atoms with E-state index in [1.165, 1.54) is 6.21 Å². The zero-order valence-electron chi connectivity index (χ0n) is 21.2. The molecule has 2 N–H and O–H groups in total. The minimum Gasteiger partial charge on any atom is -0.494 e. The maximum atomic E-state index is 12.6. The van der Waals surface area contributed by atoms with E-state index in [2.05, 4.69) is 15.8 Å². The Morgan fingerprint density at radius 1 is 0.947 bits per heavy atom. The third-order valence-corrected chi connectivity index (χ3v) is 5.54. The molecule has 0 unspecified atom stereocenters. The molecule has 3 rings (SSSR count). The van der Waals surface area contributed by atoms with Gasteiger partial charge in [-0.25, -0.2) is 10.2 Å². The van der Waals surface area contributed by atoms with E-state index in [-0.39, 0.29) is 5.75 Å². The summed E-state index contributed by atoms with van der Waals surface area (Å²) in [5.41, 5.74) is 4.13. The molecule has 2 amide bonds. The van der Waals surface area contributed by atoms with Crippen LogP contribution in [0, 0.1) is 6.92 Å². The van der Waals surface area contributed by atoms with Crippen LogP contribution in [0.25, 0.3) is 0 Å². The fourth-order valence-electron chi connectivity index (χ4n) is 3.16. The van der Waals surface area contributed by atoms with Gasteiger partial charge in [-0.3, -0.25) is 9.59 Å². The number of hydrogen-bond donors (Lipinski definition) is 2. The van der Waals surface area contributed by atoms with E-state index in [1.807, 2.05) is 6.92 Å². The fourth-order valence-corrected chi connectivity index (χ4v) is 3.34. The minimum atomic E-state index is -0.956. The molecule has 0 aliphatic rings. The molecule has 0 aliphatic heterocycles. The van der Waals surface area contributed by atoms with Gasteiger partial charge in [0.15, 0.2) is 11.5 Å². The van der Waals surface area contributed by atoms with Crippen molar-refractivity contribution in [2.24, 2.45) is 5.10 Å². The number of rotatable bonds is 10. The smallest absolute Gasteiger partial charge is 0.343 e. The quantitative estimate of drug-likeness (QED) is 0.122. The van der Waals surface area contributed by atoms with Gasteiger partial charge >= 0.3 is 17.8 Å². The lowest BCUT2D eigenvalue weighted by atomic mass is 10.2. The van der Waals surface area contributed by atoms with Crippen LogP contribution in [0.5, 0.6) is 17.2 Å². The fraction of sp³-hybridized carbons (Fsp3) is 0.214. The zero-order valence-corrected chi connectivity index (χ0v) is 22.0. The molecule has 10 heteroatoms. The number of nitrogens with one attached hydrogen (secondary N) is 2. The highest BCUT2D eigenvalue weighted by Gasteiger charge is 2.16. The summed E-state index contributed by atoms with van der Waals surface area (Å²) < 4.78 is 16.7. The van der Waals surface area contributed by atoms with Gasteiger partial charge < -0.3 is 19.5 Å². The van der Waals surface area contributed by atoms with Gasteiger partial charge in [-0.05, 0) is 86.0 Å². The number of carbonyl (C=O) groups is 3. The van der Waals surface area contributed by atoms with E-state index < -0.39 is 17.8 Å². The summed E-state index contributed by atoms with van der Waals surface area (Å²) in [7, 11) is 0. The van der Waals surface area contributed by atoms with Crippen LogP contribution in [-0.4, -0.2) is 37.2 Å². The number of nitrogens with zero attached hydrogens (tertiary/aromatic N) is 1. The Balaban J connectivity index is 1.62. The van der Waals surface area contributed by atoms with Gasteiger partial charge in [0.2, 0.25) is 0 Å². The highest BCUT2D eigenvalue weighted by atomic mass is 35.5. The molecule has 0 atom stereocenters. The second-order valence-corrected chi connectivity index (χ2v) is 8.37. The van der Waals surface area contributed by atoms with Gasteiger partial charge in [0.25, 0.3) is 0 Å². The third kappa shape index (κ3) is 7.81. The number of ether oxygens (including phenoxy) is 3. The summed E-state index contributed by atoms with van der Waals surface area (Å²) in [5, 5.41) is 6.79. The highest BCUT2D eigenvalue weighted by molar-refractivity contribution is 6.40. The number of hydrogen-bond acceptors (Lipinski definition) is 7. The molecule has 198 valence electrons. The van der Waals surface area contributed by atoms with Gasteiger partial charge in [-0.15, -0.1) is 0 Å². The van der Waals surface area contributed by atoms with E-state index in [0.717, 1.165) is 6.42 Å². The first-order valence-corrected chi connectivity index (χ1v) is 12.3. The summed E-state index contributed by atoms with van der Waals surface area (Å²) in [4.78, 5) is 36.9. The Kier molecular flexibility index (Phi) is 10.2. The predicted molar refractivity (Wildman–Crippen MR) is 145 cm³/mol. The summed E-state index contributed by atoms with van der Waals surface area (Å²) in [6, 6.07) is 16.4. The normalized spacial score (nSPS) is 10.6. The van der Waals surface area contributed by atoms with Crippen molar-refractivity contribution >= 4 is 41.3 Å². The highest BCUT2D eigenvalue weighted by Crippen LogP contribution is 2.29. The Hall–Kier alpha value is -4.37. The molecule has 0 saturated heterocycles. The Morgan fingerprint density at radius 3 is 2.42 bits per heavy atom. The van der Waals surface area contributed by atoms with Crippen molar-refractivity contribution in [3.8, 4) is 17.2 Å². The molecule has 3 aromatic carbocycles. The van der Waals surface area contributed by atoms with Crippen LogP contribution < -0.4 is 25.0 Å². The van der Waals surface area contributed by atoms with Crippen LogP contribution in [0.1, 0.15) is 41.8 Å². The van der Waals surface area contributed by atoms with Crippen molar-refractivity contribution in [1.82, 2.24) is 5.43 Å². The molecule has 0 spiro atoms. The maximum absolute atomic E-state index is 12.6. The molecular formula is C28H28ClN3O6. The standard InChI is InChI=1S/C28H28ClN3O6/c1-4-15-37-21-12-10-20(11-13-21)28(35)38-24-14-9-19(16-25(24)36-5-2)17-30-32-27(34)26(33)31-23-8-6-7-22(29)18(23)3/h6-14,16-17H,4-5,15H2,1-3H3,(H,31,33)(H,32,34)/b30-17-. The minimum absolute atomic E-state index is 0.223. The molecule has 0 fully saturated rings. The number of benzene rings is 3.